The SMILES string of the molecule is COCCOCCCCNS(=O)(=O)c1c(C)cccc1N. The lowest BCUT2D eigenvalue weighted by Gasteiger charge is -2.11. The molecule has 1 aromatic carbocycles. The fourth-order valence-electron chi connectivity index (χ4n) is 1.89. The highest BCUT2D eigenvalue weighted by molar-refractivity contribution is 7.89. The molecule has 120 valence electrons. The second-order valence-corrected chi connectivity index (χ2v) is 6.41. The summed E-state index contributed by atoms with van der Waals surface area (Å²) in [4.78, 5) is 0.168. The number of hydrogen-bond acceptors (Lipinski definition) is 5. The highest BCUT2D eigenvalue weighted by atomic mass is 32.2. The van der Waals surface area contributed by atoms with E-state index in [1.54, 1.807) is 32.2 Å². The van der Waals surface area contributed by atoms with Gasteiger partial charge < -0.3 is 15.2 Å². The van der Waals surface area contributed by atoms with E-state index in [2.05, 4.69) is 4.72 Å². The molecule has 0 bridgehead atoms. The number of benzene rings is 1. The molecule has 0 aliphatic carbocycles. The number of methoxy groups -OCH3 is 1. The van der Waals surface area contributed by atoms with Crippen LogP contribution in [0.3, 0.4) is 0 Å². The number of ether oxygens (including phenoxy) is 2. The average molecular weight is 316 g/mol. The monoisotopic (exact) mass is 316 g/mol. The van der Waals surface area contributed by atoms with Crippen molar-refractivity contribution in [3.8, 4) is 0 Å². The summed E-state index contributed by atoms with van der Waals surface area (Å²) in [7, 11) is -1.94. The Morgan fingerprint density at radius 1 is 1.19 bits per heavy atom. The van der Waals surface area contributed by atoms with Gasteiger partial charge in [0.05, 0.1) is 18.9 Å². The highest BCUT2D eigenvalue weighted by Crippen LogP contribution is 2.21. The number of hydrogen-bond donors (Lipinski definition) is 2. The van der Waals surface area contributed by atoms with E-state index in [-0.39, 0.29) is 10.6 Å². The van der Waals surface area contributed by atoms with Gasteiger partial charge in [0.25, 0.3) is 0 Å². The normalized spacial score (nSPS) is 11.7. The predicted octanol–water partition coefficient (Wildman–Crippen LogP) is 1.30. The van der Waals surface area contributed by atoms with Crippen molar-refractivity contribution in [2.75, 3.05) is 39.2 Å². The molecule has 0 saturated carbocycles. The summed E-state index contributed by atoms with van der Waals surface area (Å²) in [5, 5.41) is 0. The number of sulfonamides is 1. The van der Waals surface area contributed by atoms with Crippen LogP contribution in [0.2, 0.25) is 0 Å². The van der Waals surface area contributed by atoms with Crippen LogP contribution in [-0.2, 0) is 19.5 Å². The number of aryl methyl sites for hydroxylation is 1. The molecule has 0 spiro atoms. The molecule has 6 nitrogen and oxygen atoms in total. The van der Waals surface area contributed by atoms with Gasteiger partial charge in [-0.05, 0) is 31.4 Å². The molecule has 21 heavy (non-hydrogen) atoms. The number of nitrogens with two attached hydrogens (primary N) is 1. The van der Waals surface area contributed by atoms with E-state index in [0.29, 0.717) is 38.3 Å². The van der Waals surface area contributed by atoms with Crippen LogP contribution in [0.4, 0.5) is 5.69 Å². The summed E-state index contributed by atoms with van der Waals surface area (Å²) in [6, 6.07) is 5.06. The van der Waals surface area contributed by atoms with Crippen LogP contribution in [0.5, 0.6) is 0 Å². The van der Waals surface area contributed by atoms with Gasteiger partial charge >= 0.3 is 0 Å². The van der Waals surface area contributed by atoms with Crippen molar-refractivity contribution in [3.05, 3.63) is 23.8 Å². The Morgan fingerprint density at radius 3 is 2.62 bits per heavy atom. The minimum Gasteiger partial charge on any atom is -0.398 e. The molecule has 0 fully saturated rings. The minimum absolute atomic E-state index is 0.168. The van der Waals surface area contributed by atoms with Gasteiger partial charge in [-0.25, -0.2) is 13.1 Å². The Labute approximate surface area is 126 Å². The van der Waals surface area contributed by atoms with Gasteiger partial charge in [0.2, 0.25) is 10.0 Å². The van der Waals surface area contributed by atoms with E-state index in [1.807, 2.05) is 0 Å². The standard InChI is InChI=1S/C14H24N2O4S/c1-12-6-5-7-13(15)14(12)21(17,18)16-8-3-4-9-20-11-10-19-2/h5-7,16H,3-4,8-11,15H2,1-2H3. The molecular formula is C14H24N2O4S. The number of nitrogens with one attached hydrogen (secondary N) is 1. The van der Waals surface area contributed by atoms with Gasteiger partial charge in [-0.2, -0.15) is 0 Å². The number of anilines is 1. The molecule has 0 aliphatic heterocycles. The fraction of sp³-hybridized carbons (Fsp3) is 0.571. The average Bonchev–Trinajstić information content (AvgIpc) is 2.41. The van der Waals surface area contributed by atoms with Crippen molar-refractivity contribution in [2.45, 2.75) is 24.7 Å². The summed E-state index contributed by atoms with van der Waals surface area (Å²) >= 11 is 0. The van der Waals surface area contributed by atoms with E-state index in [0.717, 1.165) is 6.42 Å². The van der Waals surface area contributed by atoms with E-state index in [4.69, 9.17) is 15.2 Å². The van der Waals surface area contributed by atoms with Gasteiger partial charge in [0, 0.05) is 20.3 Å². The number of unbranched alkanes of at least 4 members (excludes halogenated alkanes) is 1. The van der Waals surface area contributed by atoms with Crippen molar-refractivity contribution < 1.29 is 17.9 Å². The Hall–Kier alpha value is -1.15. The lowest BCUT2D eigenvalue weighted by Crippen LogP contribution is -2.26. The van der Waals surface area contributed by atoms with E-state index in [1.165, 1.54) is 0 Å². The molecule has 7 heteroatoms. The van der Waals surface area contributed by atoms with Crippen molar-refractivity contribution >= 4 is 15.7 Å². The van der Waals surface area contributed by atoms with Crippen LogP contribution >= 0.6 is 0 Å². The maximum atomic E-state index is 12.2. The molecule has 0 amide bonds. The van der Waals surface area contributed by atoms with E-state index in [9.17, 15) is 8.42 Å². The van der Waals surface area contributed by atoms with Crippen LogP contribution in [-0.4, -0.2) is 41.9 Å². The van der Waals surface area contributed by atoms with Crippen LogP contribution in [0.1, 0.15) is 18.4 Å². The first-order valence-corrected chi connectivity index (χ1v) is 8.39. The molecule has 0 radical (unpaired) electrons. The molecule has 1 aromatic rings. The molecule has 0 unspecified atom stereocenters. The molecule has 0 aliphatic rings. The van der Waals surface area contributed by atoms with Crippen LogP contribution in [0, 0.1) is 6.92 Å². The first-order valence-electron chi connectivity index (χ1n) is 6.90. The second-order valence-electron chi connectivity index (χ2n) is 4.70. The predicted molar refractivity (Wildman–Crippen MR) is 82.7 cm³/mol. The molecule has 0 aromatic heterocycles. The summed E-state index contributed by atoms with van der Waals surface area (Å²) < 4.78 is 37.2. The largest absolute Gasteiger partial charge is 0.398 e. The van der Waals surface area contributed by atoms with Gasteiger partial charge in [-0.3, -0.25) is 0 Å². The summed E-state index contributed by atoms with van der Waals surface area (Å²) in [6.45, 7) is 3.82. The van der Waals surface area contributed by atoms with E-state index >= 15 is 0 Å². The third-order valence-corrected chi connectivity index (χ3v) is 4.63. The van der Waals surface area contributed by atoms with Crippen molar-refractivity contribution in [1.82, 2.24) is 4.72 Å². The Kier molecular flexibility index (Phi) is 7.66. The molecular weight excluding hydrogens is 292 g/mol. The molecule has 3 N–H and O–H groups in total. The summed E-state index contributed by atoms with van der Waals surface area (Å²) in [5.41, 5.74) is 6.67. The Morgan fingerprint density at radius 2 is 1.95 bits per heavy atom. The van der Waals surface area contributed by atoms with Crippen molar-refractivity contribution in [3.63, 3.8) is 0 Å². The lowest BCUT2D eigenvalue weighted by atomic mass is 10.2. The maximum Gasteiger partial charge on any atom is 0.242 e. The third kappa shape index (κ3) is 6.01. The van der Waals surface area contributed by atoms with E-state index < -0.39 is 10.0 Å². The zero-order chi connectivity index (χ0) is 15.7. The van der Waals surface area contributed by atoms with Crippen LogP contribution in [0.25, 0.3) is 0 Å². The zero-order valence-electron chi connectivity index (χ0n) is 12.6. The highest BCUT2D eigenvalue weighted by Gasteiger charge is 2.18. The molecule has 1 rings (SSSR count). The first kappa shape index (κ1) is 17.9. The van der Waals surface area contributed by atoms with Gasteiger partial charge in [0.15, 0.2) is 0 Å². The Bertz CT molecular complexity index is 512. The van der Waals surface area contributed by atoms with Gasteiger partial charge in [-0.15, -0.1) is 0 Å². The smallest absolute Gasteiger partial charge is 0.242 e. The number of rotatable bonds is 10. The van der Waals surface area contributed by atoms with Crippen LogP contribution < -0.4 is 10.5 Å². The number of nitrogen functional groups attached to an aromatic ring is 1. The molecule has 0 saturated heterocycles. The lowest BCUT2D eigenvalue weighted by molar-refractivity contribution is 0.0689. The summed E-state index contributed by atoms with van der Waals surface area (Å²) in [6.07, 6.45) is 1.49. The maximum absolute atomic E-state index is 12.2. The first-order chi connectivity index (χ1) is 9.99. The van der Waals surface area contributed by atoms with Crippen molar-refractivity contribution in [1.29, 1.82) is 0 Å². The second kappa shape index (κ2) is 8.99. The topological polar surface area (TPSA) is 90.6 Å². The Balaban J connectivity index is 2.37. The van der Waals surface area contributed by atoms with Crippen molar-refractivity contribution in [2.24, 2.45) is 0 Å². The fourth-order valence-corrected chi connectivity index (χ4v) is 3.32. The quantitative estimate of drug-likeness (QED) is 0.501. The zero-order valence-corrected chi connectivity index (χ0v) is 13.4. The minimum atomic E-state index is -3.56. The van der Waals surface area contributed by atoms with Gasteiger partial charge in [-0.1, -0.05) is 12.1 Å². The third-order valence-electron chi connectivity index (χ3n) is 2.95. The van der Waals surface area contributed by atoms with Gasteiger partial charge in [0.1, 0.15) is 4.90 Å². The summed E-state index contributed by atoms with van der Waals surface area (Å²) in [5.74, 6) is 0. The molecule has 0 atom stereocenters. The molecule has 0 heterocycles. The van der Waals surface area contributed by atoms with Crippen LogP contribution in [0.15, 0.2) is 23.1 Å².